The first-order valence-corrected chi connectivity index (χ1v) is 12.3. The molecule has 0 aromatic rings. The Balaban J connectivity index is 5.61. The zero-order chi connectivity index (χ0) is 20.1. The van der Waals surface area contributed by atoms with E-state index in [4.69, 9.17) is 9.47 Å². The molecule has 0 amide bonds. The van der Waals surface area contributed by atoms with Gasteiger partial charge >= 0.3 is 11.9 Å². The topological polar surface area (TPSA) is 76.4 Å². The van der Waals surface area contributed by atoms with E-state index in [2.05, 4.69) is 25.7 Å². The average Bonchev–Trinajstić information content (AvgIpc) is 2.34. The van der Waals surface area contributed by atoms with Gasteiger partial charge in [-0.1, -0.05) is 25.7 Å². The number of carbonyl (C=O) groups excluding carboxylic acids is 2. The van der Waals surface area contributed by atoms with E-state index in [1.165, 1.54) is 12.2 Å². The molecule has 0 aromatic heterocycles. The molecule has 0 heterocycles. The summed E-state index contributed by atoms with van der Waals surface area (Å²) < 4.78 is 10.7. The van der Waals surface area contributed by atoms with Crippen molar-refractivity contribution in [1.29, 1.82) is 5.26 Å². The van der Waals surface area contributed by atoms with Crippen LogP contribution >= 0.6 is 0 Å². The molecule has 0 N–H and O–H groups in total. The van der Waals surface area contributed by atoms with Crippen molar-refractivity contribution in [2.45, 2.75) is 84.9 Å². The number of carbonyl (C=O) groups is 2. The van der Waals surface area contributed by atoms with E-state index in [1.54, 1.807) is 41.5 Å². The van der Waals surface area contributed by atoms with Crippen LogP contribution in [0.4, 0.5) is 0 Å². The fourth-order valence-corrected chi connectivity index (χ4v) is 3.02. The number of rotatable bonds is 6. The molecule has 0 radical (unpaired) electrons. The summed E-state index contributed by atoms with van der Waals surface area (Å²) in [4.78, 5) is 24.7. The molecule has 0 rings (SSSR count). The minimum Gasteiger partial charge on any atom is -0.459 e. The molecule has 1 atom stereocenters. The molecular formula is C19H33NO4Si. The highest BCUT2D eigenvalue weighted by Gasteiger charge is 2.41. The van der Waals surface area contributed by atoms with Crippen LogP contribution in [0.15, 0.2) is 12.2 Å². The van der Waals surface area contributed by atoms with Crippen molar-refractivity contribution >= 4 is 20.0 Å². The lowest BCUT2D eigenvalue weighted by molar-refractivity contribution is -0.161. The molecule has 0 saturated heterocycles. The second-order valence-corrected chi connectivity index (χ2v) is 15.1. The monoisotopic (exact) mass is 367 g/mol. The fourth-order valence-electron chi connectivity index (χ4n) is 1.88. The van der Waals surface area contributed by atoms with Crippen LogP contribution in [0.2, 0.25) is 25.7 Å². The number of hydrogen-bond donors (Lipinski definition) is 0. The van der Waals surface area contributed by atoms with Crippen LogP contribution in [-0.4, -0.2) is 31.2 Å². The van der Waals surface area contributed by atoms with E-state index in [0.29, 0.717) is 6.42 Å². The van der Waals surface area contributed by atoms with Crippen molar-refractivity contribution in [2.24, 2.45) is 5.41 Å². The van der Waals surface area contributed by atoms with Gasteiger partial charge in [-0.05, 0) is 54.0 Å². The third-order valence-electron chi connectivity index (χ3n) is 3.14. The van der Waals surface area contributed by atoms with E-state index in [-0.39, 0.29) is 0 Å². The number of hydrogen-bond acceptors (Lipinski definition) is 5. The highest BCUT2D eigenvalue weighted by atomic mass is 28.3. The van der Waals surface area contributed by atoms with Crippen molar-refractivity contribution in [2.75, 3.05) is 0 Å². The van der Waals surface area contributed by atoms with Gasteiger partial charge in [-0.25, -0.2) is 9.59 Å². The molecule has 0 saturated carbocycles. The summed E-state index contributed by atoms with van der Waals surface area (Å²) in [5.41, 5.74) is -2.83. The zero-order valence-electron chi connectivity index (χ0n) is 17.1. The highest BCUT2D eigenvalue weighted by molar-refractivity contribution is 6.76. The normalized spacial score (nSPS) is 15.4. The van der Waals surface area contributed by atoms with E-state index >= 15 is 0 Å². The first-order valence-electron chi connectivity index (χ1n) is 8.57. The maximum atomic E-state index is 12.7. The van der Waals surface area contributed by atoms with Gasteiger partial charge in [0.2, 0.25) is 0 Å². The van der Waals surface area contributed by atoms with Crippen molar-refractivity contribution in [1.82, 2.24) is 0 Å². The molecule has 0 spiro atoms. The Morgan fingerprint density at radius 2 is 1.48 bits per heavy atom. The molecular weight excluding hydrogens is 334 g/mol. The van der Waals surface area contributed by atoms with Crippen molar-refractivity contribution in [3.8, 4) is 6.07 Å². The van der Waals surface area contributed by atoms with Gasteiger partial charge in [-0.3, -0.25) is 0 Å². The molecule has 0 aromatic carbocycles. The van der Waals surface area contributed by atoms with Gasteiger partial charge in [0.25, 0.3) is 0 Å². The van der Waals surface area contributed by atoms with E-state index < -0.39 is 36.6 Å². The fraction of sp³-hybridized carbons (Fsp3) is 0.737. The third kappa shape index (κ3) is 10.1. The van der Waals surface area contributed by atoms with Gasteiger partial charge in [-0.15, -0.1) is 0 Å². The summed E-state index contributed by atoms with van der Waals surface area (Å²) in [6.07, 6.45) is 2.84. The van der Waals surface area contributed by atoms with Crippen LogP contribution in [0.25, 0.3) is 0 Å². The maximum absolute atomic E-state index is 12.7. The second kappa shape index (κ2) is 8.18. The second-order valence-electron chi connectivity index (χ2n) is 9.51. The summed E-state index contributed by atoms with van der Waals surface area (Å²) in [6.45, 7) is 17.0. The lowest BCUT2D eigenvalue weighted by Crippen LogP contribution is -2.37. The van der Waals surface area contributed by atoms with Gasteiger partial charge in [0.1, 0.15) is 11.2 Å². The molecule has 0 unspecified atom stereocenters. The summed E-state index contributed by atoms with van der Waals surface area (Å²) in [7, 11) is -1.49. The summed E-state index contributed by atoms with van der Waals surface area (Å²) in [6, 6.07) is 2.84. The maximum Gasteiger partial charge on any atom is 0.331 e. The van der Waals surface area contributed by atoms with Gasteiger partial charge in [-0.2, -0.15) is 5.26 Å². The smallest absolute Gasteiger partial charge is 0.331 e. The standard InChI is InChI=1S/C19H33NO4Si/c1-17(2,3)23-15(21)10-11-19(14-20,12-13-25(7,8)9)16(22)24-18(4,5)6/h10-11H,12-13H2,1-9H3/b11-10+/t19-/m1/s1. The summed E-state index contributed by atoms with van der Waals surface area (Å²) >= 11 is 0. The third-order valence-corrected chi connectivity index (χ3v) is 4.89. The minimum atomic E-state index is -1.49. The molecule has 0 bridgehead atoms. The zero-order valence-corrected chi connectivity index (χ0v) is 18.1. The average molecular weight is 368 g/mol. The van der Waals surface area contributed by atoms with Gasteiger partial charge in [0.05, 0.1) is 6.07 Å². The molecule has 0 aliphatic carbocycles. The largest absolute Gasteiger partial charge is 0.459 e. The minimum absolute atomic E-state index is 0.327. The van der Waals surface area contributed by atoms with E-state index in [9.17, 15) is 14.9 Å². The van der Waals surface area contributed by atoms with Gasteiger partial charge in [0, 0.05) is 14.1 Å². The Kier molecular flexibility index (Phi) is 7.65. The number of esters is 2. The molecule has 6 heteroatoms. The molecule has 0 aliphatic rings. The van der Waals surface area contributed by atoms with Gasteiger partial charge in [0.15, 0.2) is 5.41 Å². The van der Waals surface area contributed by atoms with E-state index in [0.717, 1.165) is 6.04 Å². The first-order chi connectivity index (χ1) is 11.0. The Labute approximate surface area is 153 Å². The molecule has 0 aliphatic heterocycles. The number of nitriles is 1. The number of ether oxygens (including phenoxy) is 2. The number of nitrogens with zero attached hydrogens (tertiary/aromatic N) is 1. The van der Waals surface area contributed by atoms with Crippen LogP contribution in [0.1, 0.15) is 48.0 Å². The van der Waals surface area contributed by atoms with E-state index in [1.807, 2.05) is 0 Å². The van der Waals surface area contributed by atoms with Crippen molar-refractivity contribution < 1.29 is 19.1 Å². The Morgan fingerprint density at radius 1 is 1.00 bits per heavy atom. The Hall–Kier alpha value is -1.61. The van der Waals surface area contributed by atoms with Crippen LogP contribution < -0.4 is 0 Å². The van der Waals surface area contributed by atoms with Crippen LogP contribution in [-0.2, 0) is 19.1 Å². The lowest BCUT2D eigenvalue weighted by atomic mass is 9.86. The van der Waals surface area contributed by atoms with Crippen molar-refractivity contribution in [3.63, 3.8) is 0 Å². The van der Waals surface area contributed by atoms with Crippen LogP contribution in [0.5, 0.6) is 0 Å². The summed E-state index contributed by atoms with van der Waals surface area (Å²) in [5, 5.41) is 9.75. The van der Waals surface area contributed by atoms with Crippen molar-refractivity contribution in [3.05, 3.63) is 12.2 Å². The molecule has 142 valence electrons. The Morgan fingerprint density at radius 3 is 1.84 bits per heavy atom. The van der Waals surface area contributed by atoms with Crippen LogP contribution in [0, 0.1) is 16.7 Å². The Bertz CT molecular complexity index is 556. The lowest BCUT2D eigenvalue weighted by Gasteiger charge is -2.29. The molecule has 25 heavy (non-hydrogen) atoms. The first kappa shape index (κ1) is 23.4. The quantitative estimate of drug-likeness (QED) is 0.393. The molecule has 0 fully saturated rings. The molecule has 5 nitrogen and oxygen atoms in total. The van der Waals surface area contributed by atoms with Crippen LogP contribution in [0.3, 0.4) is 0 Å². The highest BCUT2D eigenvalue weighted by Crippen LogP contribution is 2.32. The predicted octanol–water partition coefficient (Wildman–Crippen LogP) is 4.46. The summed E-state index contributed by atoms with van der Waals surface area (Å²) in [5.74, 6) is -1.20. The SMILES string of the molecule is CC(C)(C)OC(=O)/C=C/[C@](C#N)(CC[Si](C)(C)C)C(=O)OC(C)(C)C. The predicted molar refractivity (Wildman–Crippen MR) is 102 cm³/mol. The van der Waals surface area contributed by atoms with Gasteiger partial charge < -0.3 is 9.47 Å².